The zero-order valence-electron chi connectivity index (χ0n) is 14.3. The number of aliphatic hydroxyl groups excluding tert-OH is 1. The Kier molecular flexibility index (Phi) is 6.42. The molecule has 5 heteroatoms. The van der Waals surface area contributed by atoms with Crippen molar-refractivity contribution in [2.75, 3.05) is 14.1 Å². The topological polar surface area (TPSA) is 61.8 Å². The van der Waals surface area contributed by atoms with E-state index in [4.69, 9.17) is 9.84 Å². The van der Waals surface area contributed by atoms with Crippen LogP contribution in [0.15, 0.2) is 24.3 Å². The summed E-state index contributed by atoms with van der Waals surface area (Å²) in [7, 11) is 4.18. The minimum Gasteiger partial charge on any atom is -0.481 e. The minimum absolute atomic E-state index is 0.0359. The van der Waals surface area contributed by atoms with E-state index in [9.17, 15) is 4.79 Å². The standard InChI is InChI=1S/C18H28N2O3/c1-13(23-17-9-4-6-14(10-17)12-21)18(22)19-15-7-5-8-16(11-15)20(2)3/h4,6,9-10,13,15-16,21H,5,7-8,11-12H2,1-3H3,(H,19,22). The van der Waals surface area contributed by atoms with Crippen LogP contribution in [0.1, 0.15) is 38.2 Å². The molecule has 1 aliphatic rings. The molecule has 0 radical (unpaired) electrons. The Morgan fingerprint density at radius 1 is 1.43 bits per heavy atom. The summed E-state index contributed by atoms with van der Waals surface area (Å²) in [5.74, 6) is 0.526. The molecule has 5 nitrogen and oxygen atoms in total. The maximum Gasteiger partial charge on any atom is 0.260 e. The fraction of sp³-hybridized carbons (Fsp3) is 0.611. The number of hydrogen-bond donors (Lipinski definition) is 2. The molecule has 1 aromatic carbocycles. The van der Waals surface area contributed by atoms with Crippen molar-refractivity contribution in [2.24, 2.45) is 0 Å². The van der Waals surface area contributed by atoms with Crippen molar-refractivity contribution in [1.82, 2.24) is 10.2 Å². The molecule has 2 rings (SSSR count). The molecule has 1 aliphatic carbocycles. The van der Waals surface area contributed by atoms with Gasteiger partial charge in [0.2, 0.25) is 0 Å². The molecule has 0 bridgehead atoms. The SMILES string of the molecule is CC(Oc1cccc(CO)c1)C(=O)NC1CCCC(N(C)C)C1. The van der Waals surface area contributed by atoms with Gasteiger partial charge in [0.1, 0.15) is 5.75 Å². The van der Waals surface area contributed by atoms with Crippen molar-refractivity contribution >= 4 is 5.91 Å². The second kappa shape index (κ2) is 8.31. The molecule has 0 spiro atoms. The Bertz CT molecular complexity index is 519. The van der Waals surface area contributed by atoms with Gasteiger partial charge < -0.3 is 20.1 Å². The van der Waals surface area contributed by atoms with Crippen LogP contribution in [0.5, 0.6) is 5.75 Å². The molecule has 1 saturated carbocycles. The van der Waals surface area contributed by atoms with Crippen molar-refractivity contribution in [3.05, 3.63) is 29.8 Å². The van der Waals surface area contributed by atoms with Gasteiger partial charge in [-0.15, -0.1) is 0 Å². The number of nitrogens with one attached hydrogen (secondary N) is 1. The fourth-order valence-electron chi connectivity index (χ4n) is 3.06. The average molecular weight is 320 g/mol. The van der Waals surface area contributed by atoms with Crippen molar-refractivity contribution < 1.29 is 14.6 Å². The lowest BCUT2D eigenvalue weighted by Crippen LogP contribution is -2.47. The predicted octanol–water partition coefficient (Wildman–Crippen LogP) is 1.94. The Labute approximate surface area is 138 Å². The lowest BCUT2D eigenvalue weighted by atomic mass is 9.90. The Morgan fingerprint density at radius 2 is 2.22 bits per heavy atom. The molecule has 23 heavy (non-hydrogen) atoms. The summed E-state index contributed by atoms with van der Waals surface area (Å²) in [6.45, 7) is 1.72. The van der Waals surface area contributed by atoms with Gasteiger partial charge in [-0.1, -0.05) is 12.1 Å². The lowest BCUT2D eigenvalue weighted by Gasteiger charge is -2.34. The van der Waals surface area contributed by atoms with Crippen LogP contribution in [0, 0.1) is 0 Å². The third-order valence-corrected chi connectivity index (χ3v) is 4.49. The third-order valence-electron chi connectivity index (χ3n) is 4.49. The van der Waals surface area contributed by atoms with E-state index < -0.39 is 6.10 Å². The first-order chi connectivity index (χ1) is 11.0. The van der Waals surface area contributed by atoms with Gasteiger partial charge in [-0.3, -0.25) is 4.79 Å². The highest BCUT2D eigenvalue weighted by atomic mass is 16.5. The molecule has 128 valence electrons. The van der Waals surface area contributed by atoms with Gasteiger partial charge in [-0.25, -0.2) is 0 Å². The number of amides is 1. The van der Waals surface area contributed by atoms with Crippen LogP contribution in [0.25, 0.3) is 0 Å². The minimum atomic E-state index is -0.552. The number of nitrogens with zero attached hydrogens (tertiary/aromatic N) is 1. The van der Waals surface area contributed by atoms with E-state index in [1.54, 1.807) is 19.1 Å². The summed E-state index contributed by atoms with van der Waals surface area (Å²) in [5.41, 5.74) is 0.774. The smallest absolute Gasteiger partial charge is 0.260 e. The van der Waals surface area contributed by atoms with Crippen molar-refractivity contribution in [1.29, 1.82) is 0 Å². The summed E-state index contributed by atoms with van der Waals surface area (Å²) >= 11 is 0. The van der Waals surface area contributed by atoms with Gasteiger partial charge in [0.15, 0.2) is 6.10 Å². The summed E-state index contributed by atoms with van der Waals surface area (Å²) in [4.78, 5) is 14.6. The summed E-state index contributed by atoms with van der Waals surface area (Å²) in [6, 6.07) is 7.94. The number of ether oxygens (including phenoxy) is 1. The number of carbonyl (C=O) groups excluding carboxylic acids is 1. The number of benzene rings is 1. The molecule has 0 aromatic heterocycles. The van der Waals surface area contributed by atoms with Gasteiger partial charge >= 0.3 is 0 Å². The number of rotatable bonds is 6. The molecule has 0 heterocycles. The molecule has 0 aliphatic heterocycles. The van der Waals surface area contributed by atoms with Crippen LogP contribution in [-0.4, -0.2) is 48.2 Å². The quantitative estimate of drug-likeness (QED) is 0.841. The van der Waals surface area contributed by atoms with Crippen LogP contribution < -0.4 is 10.1 Å². The molecular weight excluding hydrogens is 292 g/mol. The Balaban J connectivity index is 1.87. The summed E-state index contributed by atoms with van der Waals surface area (Å²) < 4.78 is 5.70. The van der Waals surface area contributed by atoms with Gasteiger partial charge in [0.25, 0.3) is 5.91 Å². The summed E-state index contributed by atoms with van der Waals surface area (Å²) in [6.07, 6.45) is 3.80. The molecule has 0 saturated heterocycles. The third kappa shape index (κ3) is 5.22. The van der Waals surface area contributed by atoms with Gasteiger partial charge in [-0.2, -0.15) is 0 Å². The molecule has 3 unspecified atom stereocenters. The van der Waals surface area contributed by atoms with Crippen LogP contribution in [0.2, 0.25) is 0 Å². The number of carbonyl (C=O) groups is 1. The van der Waals surface area contributed by atoms with Crippen LogP contribution >= 0.6 is 0 Å². The Hall–Kier alpha value is -1.59. The van der Waals surface area contributed by atoms with Crippen molar-refractivity contribution in [3.63, 3.8) is 0 Å². The van der Waals surface area contributed by atoms with Crippen LogP contribution in [0.3, 0.4) is 0 Å². The largest absolute Gasteiger partial charge is 0.481 e. The van der Waals surface area contributed by atoms with Gasteiger partial charge in [-0.05, 0) is 64.4 Å². The fourth-order valence-corrected chi connectivity index (χ4v) is 3.06. The lowest BCUT2D eigenvalue weighted by molar-refractivity contribution is -0.128. The molecule has 3 atom stereocenters. The van der Waals surface area contributed by atoms with E-state index >= 15 is 0 Å². The highest BCUT2D eigenvalue weighted by Gasteiger charge is 2.26. The average Bonchev–Trinajstić information content (AvgIpc) is 2.55. The number of hydrogen-bond acceptors (Lipinski definition) is 4. The van der Waals surface area contributed by atoms with E-state index in [2.05, 4.69) is 24.3 Å². The Morgan fingerprint density at radius 3 is 2.91 bits per heavy atom. The van der Waals surface area contributed by atoms with E-state index in [0.29, 0.717) is 11.8 Å². The first-order valence-electron chi connectivity index (χ1n) is 8.33. The van der Waals surface area contributed by atoms with Crippen LogP contribution in [-0.2, 0) is 11.4 Å². The number of aliphatic hydroxyl groups is 1. The van der Waals surface area contributed by atoms with Crippen molar-refractivity contribution in [2.45, 2.75) is 57.4 Å². The second-order valence-electron chi connectivity index (χ2n) is 6.56. The monoisotopic (exact) mass is 320 g/mol. The summed E-state index contributed by atoms with van der Waals surface area (Å²) in [5, 5.41) is 12.3. The van der Waals surface area contributed by atoms with E-state index in [1.165, 1.54) is 6.42 Å². The van der Waals surface area contributed by atoms with E-state index in [1.807, 2.05) is 12.1 Å². The van der Waals surface area contributed by atoms with Crippen LogP contribution in [0.4, 0.5) is 0 Å². The highest BCUT2D eigenvalue weighted by Crippen LogP contribution is 2.22. The maximum absolute atomic E-state index is 12.3. The normalized spacial score (nSPS) is 22.7. The molecule has 2 N–H and O–H groups in total. The molecule has 1 aromatic rings. The molecule has 1 amide bonds. The van der Waals surface area contributed by atoms with Gasteiger partial charge in [0, 0.05) is 12.1 Å². The first kappa shape index (κ1) is 17.8. The van der Waals surface area contributed by atoms with E-state index in [-0.39, 0.29) is 18.6 Å². The molecule has 1 fully saturated rings. The maximum atomic E-state index is 12.3. The molecular formula is C18H28N2O3. The first-order valence-corrected chi connectivity index (χ1v) is 8.33. The zero-order valence-corrected chi connectivity index (χ0v) is 14.3. The predicted molar refractivity (Wildman–Crippen MR) is 90.3 cm³/mol. The second-order valence-corrected chi connectivity index (χ2v) is 6.56. The highest BCUT2D eigenvalue weighted by molar-refractivity contribution is 5.81. The zero-order chi connectivity index (χ0) is 16.8. The van der Waals surface area contributed by atoms with E-state index in [0.717, 1.165) is 24.8 Å². The van der Waals surface area contributed by atoms with Gasteiger partial charge in [0.05, 0.1) is 6.61 Å². The van der Waals surface area contributed by atoms with Crippen molar-refractivity contribution in [3.8, 4) is 5.75 Å².